The molecule has 0 saturated carbocycles. The number of hydrogen-bond donors (Lipinski definition) is 1. The van der Waals surface area contributed by atoms with Gasteiger partial charge in [-0.2, -0.15) is 13.2 Å². The van der Waals surface area contributed by atoms with Crippen molar-refractivity contribution in [3.63, 3.8) is 0 Å². The zero-order chi connectivity index (χ0) is 6.08. The average Bonchev–Trinajstić information content (AvgIpc) is 1.31. The van der Waals surface area contributed by atoms with E-state index >= 15 is 0 Å². The topological polar surface area (TPSA) is 68.8 Å². The normalized spacial score (nSPS) is 8.78. The van der Waals surface area contributed by atoms with Gasteiger partial charge in [-0.05, 0) is 0 Å². The van der Waals surface area contributed by atoms with E-state index in [2.05, 4.69) is 0 Å². The van der Waals surface area contributed by atoms with Gasteiger partial charge in [-0.1, -0.05) is 0 Å². The van der Waals surface area contributed by atoms with E-state index in [1.807, 2.05) is 0 Å². The Labute approximate surface area is 73.4 Å². The summed E-state index contributed by atoms with van der Waals surface area (Å²) in [5.74, 6) is -2.76. The molecule has 0 aliphatic carbocycles. The summed E-state index contributed by atoms with van der Waals surface area (Å²) in [7, 11) is 0. The van der Waals surface area contributed by atoms with Gasteiger partial charge in [0.1, 0.15) is 0 Å². The Morgan fingerprint density at radius 2 is 1.44 bits per heavy atom. The fourth-order valence-corrected chi connectivity index (χ4v) is 0. The van der Waals surface area contributed by atoms with Crippen LogP contribution in [0.15, 0.2) is 0 Å². The first-order valence-electron chi connectivity index (χ1n) is 1.24. The number of carboxylic acids is 1. The molecule has 0 spiro atoms. The minimum absolute atomic E-state index is 0. The molecule has 0 aromatic rings. The summed E-state index contributed by atoms with van der Waals surface area (Å²) in [4.78, 5) is 8.90. The van der Waals surface area contributed by atoms with Crippen LogP contribution in [0.25, 0.3) is 0 Å². The van der Waals surface area contributed by atoms with Crippen molar-refractivity contribution in [1.82, 2.24) is 0 Å². The van der Waals surface area contributed by atoms with Gasteiger partial charge in [-0.25, -0.2) is 4.79 Å². The summed E-state index contributed by atoms with van der Waals surface area (Å²) >= 11 is 0. The maximum absolute atomic E-state index is 10.6. The van der Waals surface area contributed by atoms with Crippen LogP contribution in [0.2, 0.25) is 0 Å². The molecule has 0 heterocycles. The average molecular weight is 221 g/mol. The van der Waals surface area contributed by atoms with E-state index in [0.29, 0.717) is 0 Å². The SMILES string of the molecule is O.O=C(O)C(F)(F)F.[Y]. The Bertz CT molecular complexity index is 89.5. The van der Waals surface area contributed by atoms with Gasteiger partial charge in [0, 0.05) is 32.7 Å². The molecule has 3 nitrogen and oxygen atoms in total. The molecule has 3 N–H and O–H groups in total. The van der Waals surface area contributed by atoms with Crippen LogP contribution >= 0.6 is 0 Å². The number of halogens is 3. The van der Waals surface area contributed by atoms with Crippen molar-refractivity contribution in [2.45, 2.75) is 6.18 Å². The van der Waals surface area contributed by atoms with Crippen LogP contribution in [-0.4, -0.2) is 22.7 Å². The van der Waals surface area contributed by atoms with Gasteiger partial charge in [0.2, 0.25) is 0 Å². The van der Waals surface area contributed by atoms with E-state index in [1.54, 1.807) is 0 Å². The second-order valence-electron chi connectivity index (χ2n) is 0.803. The Kier molecular flexibility index (Phi) is 9.22. The first-order valence-corrected chi connectivity index (χ1v) is 1.24. The number of aliphatic carboxylic acids is 1. The van der Waals surface area contributed by atoms with Crippen LogP contribution in [0.1, 0.15) is 0 Å². The zero-order valence-corrected chi connectivity index (χ0v) is 6.91. The number of hydrogen-bond acceptors (Lipinski definition) is 1. The maximum atomic E-state index is 10.6. The van der Waals surface area contributed by atoms with Gasteiger partial charge in [-0.15, -0.1) is 0 Å². The van der Waals surface area contributed by atoms with Crippen molar-refractivity contribution >= 4 is 5.97 Å². The third-order valence-corrected chi connectivity index (χ3v) is 0.243. The molecule has 0 rings (SSSR count). The predicted molar refractivity (Wildman–Crippen MR) is 17.3 cm³/mol. The minimum Gasteiger partial charge on any atom is -0.475 e. The summed E-state index contributed by atoms with van der Waals surface area (Å²) in [6, 6.07) is 0. The second kappa shape index (κ2) is 5.14. The molecule has 0 aromatic heterocycles. The molecule has 0 aliphatic rings. The van der Waals surface area contributed by atoms with Gasteiger partial charge in [0.05, 0.1) is 0 Å². The van der Waals surface area contributed by atoms with Crippen molar-refractivity contribution < 1.29 is 61.3 Å². The van der Waals surface area contributed by atoms with Crippen LogP contribution in [0, 0.1) is 0 Å². The van der Waals surface area contributed by atoms with Crippen LogP contribution < -0.4 is 0 Å². The molecule has 0 unspecified atom stereocenters. The van der Waals surface area contributed by atoms with E-state index in [4.69, 9.17) is 9.90 Å². The molecule has 7 heteroatoms. The van der Waals surface area contributed by atoms with Crippen molar-refractivity contribution in [3.8, 4) is 0 Å². The molecule has 1 radical (unpaired) electrons. The molecule has 0 bridgehead atoms. The minimum atomic E-state index is -5.08. The van der Waals surface area contributed by atoms with Crippen LogP contribution in [0.4, 0.5) is 13.2 Å². The van der Waals surface area contributed by atoms with E-state index in [1.165, 1.54) is 0 Å². The molecule has 0 fully saturated rings. The van der Waals surface area contributed by atoms with Crippen molar-refractivity contribution in [1.29, 1.82) is 0 Å². The quantitative estimate of drug-likeness (QED) is 0.615. The van der Waals surface area contributed by atoms with Crippen LogP contribution in [-0.2, 0) is 37.5 Å². The largest absolute Gasteiger partial charge is 0.490 e. The van der Waals surface area contributed by atoms with E-state index in [0.717, 1.165) is 0 Å². The van der Waals surface area contributed by atoms with Crippen molar-refractivity contribution in [3.05, 3.63) is 0 Å². The molecular formula is C2H3F3O3Y. The molecule has 9 heavy (non-hydrogen) atoms. The molecule has 0 saturated heterocycles. The van der Waals surface area contributed by atoms with Crippen LogP contribution in [0.3, 0.4) is 0 Å². The Hall–Kier alpha value is 0.324. The monoisotopic (exact) mass is 221 g/mol. The molecule has 0 amide bonds. The first kappa shape index (κ1) is 16.2. The number of alkyl halides is 3. The molecular weight excluding hydrogens is 218 g/mol. The fraction of sp³-hybridized carbons (Fsp3) is 0.500. The molecule has 0 atom stereocenters. The first-order chi connectivity index (χ1) is 2.94. The number of carboxylic acid groups (broad SMARTS) is 1. The van der Waals surface area contributed by atoms with Gasteiger partial charge in [-0.3, -0.25) is 0 Å². The zero-order valence-electron chi connectivity index (χ0n) is 4.07. The van der Waals surface area contributed by atoms with Gasteiger partial charge >= 0.3 is 12.1 Å². The Balaban J connectivity index is -0.000000180. The maximum Gasteiger partial charge on any atom is 0.490 e. The third kappa shape index (κ3) is 8.32. The Morgan fingerprint density at radius 1 is 1.33 bits per heavy atom. The second-order valence-corrected chi connectivity index (χ2v) is 0.803. The summed E-state index contributed by atoms with van der Waals surface area (Å²) in [6.45, 7) is 0. The summed E-state index contributed by atoms with van der Waals surface area (Å²) in [6.07, 6.45) is -5.08. The predicted octanol–water partition coefficient (Wildman–Crippen LogP) is -0.194. The number of carbonyl (C=O) groups is 1. The van der Waals surface area contributed by atoms with Gasteiger partial charge < -0.3 is 10.6 Å². The fourth-order valence-electron chi connectivity index (χ4n) is 0. The standard InChI is InChI=1S/C2HF3O2.H2O.Y/c3-2(4,5)1(6)7;;/h(H,6,7);1H2;. The van der Waals surface area contributed by atoms with E-state index < -0.39 is 12.1 Å². The van der Waals surface area contributed by atoms with Gasteiger partial charge in [0.15, 0.2) is 0 Å². The summed E-state index contributed by atoms with van der Waals surface area (Å²) in [5, 5.41) is 7.12. The van der Waals surface area contributed by atoms with E-state index in [9.17, 15) is 13.2 Å². The van der Waals surface area contributed by atoms with Crippen LogP contribution in [0.5, 0.6) is 0 Å². The Morgan fingerprint density at radius 3 is 1.44 bits per heavy atom. The third-order valence-electron chi connectivity index (χ3n) is 0.243. The van der Waals surface area contributed by atoms with E-state index in [-0.39, 0.29) is 38.2 Å². The smallest absolute Gasteiger partial charge is 0.475 e. The number of rotatable bonds is 0. The van der Waals surface area contributed by atoms with Gasteiger partial charge in [0.25, 0.3) is 0 Å². The van der Waals surface area contributed by atoms with Crippen molar-refractivity contribution in [2.24, 2.45) is 0 Å². The van der Waals surface area contributed by atoms with Crippen molar-refractivity contribution in [2.75, 3.05) is 0 Å². The summed E-state index contributed by atoms with van der Waals surface area (Å²) < 4.78 is 31.7. The molecule has 0 aromatic carbocycles. The summed E-state index contributed by atoms with van der Waals surface area (Å²) in [5.41, 5.74) is 0. The molecule has 0 aliphatic heterocycles. The molecule has 53 valence electrons.